The molecular weight excluding hydrogens is 805 g/mol. The number of ether oxygens (including phenoxy) is 7. The first kappa shape index (κ1) is 51.9. The van der Waals surface area contributed by atoms with Gasteiger partial charge in [-0.3, -0.25) is 34.6 Å². The molecule has 19 nitrogen and oxygen atoms in total. The maximum atomic E-state index is 14.0. The quantitative estimate of drug-likeness (QED) is 0.0616. The molecule has 0 aromatic carbocycles. The lowest BCUT2D eigenvalue weighted by molar-refractivity contribution is -0.211. The van der Waals surface area contributed by atoms with E-state index in [1.54, 1.807) is 41.5 Å². The second-order valence-electron chi connectivity index (χ2n) is 15.2. The number of carbonyl (C=O) groups is 8. The number of alkyl carbamates (subject to hydrolysis) is 2. The first-order chi connectivity index (χ1) is 26.8. The third-order valence-electron chi connectivity index (χ3n) is 7.41. The van der Waals surface area contributed by atoms with Crippen molar-refractivity contribution in [2.75, 3.05) is 25.2 Å². The van der Waals surface area contributed by atoms with Crippen molar-refractivity contribution in [3.8, 4) is 0 Å². The number of unbranched alkanes of at least 4 members (excludes halogenated alkanes) is 3. The lowest BCUT2D eigenvalue weighted by Crippen LogP contribution is -2.67. The maximum absolute atomic E-state index is 14.0. The van der Waals surface area contributed by atoms with Crippen LogP contribution in [0.4, 0.5) is 9.59 Å². The van der Waals surface area contributed by atoms with Crippen molar-refractivity contribution in [2.24, 2.45) is 4.99 Å². The van der Waals surface area contributed by atoms with Crippen LogP contribution >= 0.6 is 23.5 Å². The zero-order chi connectivity index (χ0) is 44.4. The Bertz CT molecular complexity index is 1460. The number of guanidine groups is 1. The number of hydrogen-bond acceptors (Lipinski definition) is 18. The van der Waals surface area contributed by atoms with Crippen LogP contribution in [-0.4, -0.2) is 125 Å². The van der Waals surface area contributed by atoms with Crippen LogP contribution in [-0.2, 0) is 61.9 Å². The van der Waals surface area contributed by atoms with Gasteiger partial charge in [0.25, 0.3) is 0 Å². The molecule has 0 radical (unpaired) electrons. The molecule has 0 bridgehead atoms. The molecule has 0 aromatic rings. The normalized spacial score (nSPS) is 20.2. The number of thioether (sulfide) groups is 2. The first-order valence-electron chi connectivity index (χ1n) is 18.6. The van der Waals surface area contributed by atoms with Crippen LogP contribution in [0.3, 0.4) is 0 Å². The fourth-order valence-electron chi connectivity index (χ4n) is 5.44. The molecule has 1 aliphatic rings. The molecule has 0 saturated carbocycles. The van der Waals surface area contributed by atoms with E-state index < -0.39 is 101 Å². The van der Waals surface area contributed by atoms with Gasteiger partial charge >= 0.3 is 36.1 Å². The summed E-state index contributed by atoms with van der Waals surface area (Å²) in [6, 6.07) is -2.70. The zero-order valence-corrected chi connectivity index (χ0v) is 37.1. The molecule has 0 aliphatic carbocycles. The fourth-order valence-corrected chi connectivity index (χ4v) is 7.42. The van der Waals surface area contributed by atoms with Crippen LogP contribution in [0, 0.1) is 0 Å². The number of nitrogens with zero attached hydrogens (tertiary/aromatic N) is 1. The van der Waals surface area contributed by atoms with E-state index in [1.807, 2.05) is 0 Å². The van der Waals surface area contributed by atoms with Crippen molar-refractivity contribution in [1.82, 2.24) is 16.0 Å². The summed E-state index contributed by atoms with van der Waals surface area (Å²) in [5.41, 5.74) is -1.98. The largest absolute Gasteiger partial charge is 0.466 e. The molecule has 0 unspecified atom stereocenters. The Kier molecular flexibility index (Phi) is 21.6. The van der Waals surface area contributed by atoms with E-state index in [2.05, 4.69) is 20.9 Å². The lowest BCUT2D eigenvalue weighted by atomic mass is 9.87. The Morgan fingerprint density at radius 1 is 0.776 bits per heavy atom. The minimum Gasteiger partial charge on any atom is -0.466 e. The second kappa shape index (κ2) is 24.1. The number of nitrogens with one attached hydrogen (secondary N) is 3. The number of amides is 3. The number of carbonyl (C=O) groups excluding carboxylic acids is 8. The topological polar surface area (TPSA) is 250 Å². The third-order valence-corrected chi connectivity index (χ3v) is 9.70. The summed E-state index contributed by atoms with van der Waals surface area (Å²) >= 11 is 2.26. The molecular formula is C37H60N4O15S2. The van der Waals surface area contributed by atoms with Crippen molar-refractivity contribution < 1.29 is 71.5 Å². The Balaban J connectivity index is 4.08. The van der Waals surface area contributed by atoms with Crippen molar-refractivity contribution in [2.45, 2.75) is 155 Å². The van der Waals surface area contributed by atoms with Crippen molar-refractivity contribution in [3.63, 3.8) is 0 Å². The van der Waals surface area contributed by atoms with E-state index in [0.29, 0.717) is 17.9 Å². The molecule has 6 atom stereocenters. The Morgan fingerprint density at radius 2 is 1.31 bits per heavy atom. The first-order valence-corrected chi connectivity index (χ1v) is 20.6. The number of hydrogen-bond donors (Lipinski definition) is 3. The summed E-state index contributed by atoms with van der Waals surface area (Å²) in [5.74, 6) is -3.64. The average Bonchev–Trinajstić information content (AvgIpc) is 3.05. The minimum atomic E-state index is -1.98. The summed E-state index contributed by atoms with van der Waals surface area (Å²) in [5, 5.41) is 7.51. The van der Waals surface area contributed by atoms with Crippen LogP contribution < -0.4 is 16.0 Å². The SMILES string of the molecule is COC(=O)[C@@]1(SCCCCCCSC(C)=O)C[C@H](N=C(NC(=O)OC(C)(C)C)NC(=O)OC(C)(C)C)[C@@H](NC(C)=O)[C@H]([C@@H](OC(C)=O)[C@H](COC(C)=O)OC(C)=O)O1. The van der Waals surface area contributed by atoms with E-state index in [4.69, 9.17) is 33.2 Å². The third kappa shape index (κ3) is 20.5. The highest BCUT2D eigenvalue weighted by molar-refractivity contribution is 8.13. The number of aliphatic imine (C=N–C) groups is 1. The molecule has 330 valence electrons. The van der Waals surface area contributed by atoms with E-state index in [0.717, 1.165) is 58.9 Å². The van der Waals surface area contributed by atoms with Gasteiger partial charge in [-0.25, -0.2) is 19.4 Å². The number of rotatable bonds is 17. The number of methoxy groups -OCH3 is 1. The molecule has 1 rings (SSSR count). The van der Waals surface area contributed by atoms with Crippen molar-refractivity contribution in [1.29, 1.82) is 0 Å². The minimum absolute atomic E-state index is 0.0240. The highest BCUT2D eigenvalue weighted by atomic mass is 32.2. The molecule has 0 aromatic heterocycles. The van der Waals surface area contributed by atoms with Gasteiger partial charge in [0.2, 0.25) is 16.8 Å². The van der Waals surface area contributed by atoms with Crippen molar-refractivity contribution >= 4 is 76.6 Å². The Labute approximate surface area is 348 Å². The van der Waals surface area contributed by atoms with Gasteiger partial charge in [-0.05, 0) is 60.1 Å². The molecule has 1 saturated heterocycles. The molecule has 1 heterocycles. The van der Waals surface area contributed by atoms with Gasteiger partial charge < -0.3 is 38.5 Å². The predicted molar refractivity (Wildman–Crippen MR) is 214 cm³/mol. The average molecular weight is 865 g/mol. The van der Waals surface area contributed by atoms with Gasteiger partial charge in [-0.1, -0.05) is 24.6 Å². The van der Waals surface area contributed by atoms with E-state index in [-0.39, 0.29) is 11.5 Å². The summed E-state index contributed by atoms with van der Waals surface area (Å²) in [4.78, 5) is 104. The molecule has 3 amide bonds. The standard InChI is InChI=1S/C37H60N4O15S2/c1-21(42)38-28-26(39-32(40-33(48)55-35(6,7)8)41-34(49)56-36(9,10)11)19-37(31(47)50-12,58-18-16-14-13-15-17-57-25(5)46)54-30(28)29(53-24(4)45)27(52-23(3)44)20-51-22(2)43/h26-30H,13-20H2,1-12H3,(H,38,42)(H2,39,40,41,48,49)/t26-,27-,28+,29-,30+,37-/m0/s1. The smallest absolute Gasteiger partial charge is 0.414 e. The van der Waals surface area contributed by atoms with Gasteiger partial charge in [-0.2, -0.15) is 0 Å². The molecule has 3 N–H and O–H groups in total. The van der Waals surface area contributed by atoms with Crippen LogP contribution in [0.1, 0.15) is 108 Å². The van der Waals surface area contributed by atoms with Crippen LogP contribution in [0.25, 0.3) is 0 Å². The fraction of sp³-hybridized carbons (Fsp3) is 0.757. The van der Waals surface area contributed by atoms with Crippen LogP contribution in [0.5, 0.6) is 0 Å². The van der Waals surface area contributed by atoms with Gasteiger partial charge in [0.15, 0.2) is 17.3 Å². The van der Waals surface area contributed by atoms with E-state index in [1.165, 1.54) is 25.6 Å². The highest BCUT2D eigenvalue weighted by Crippen LogP contribution is 2.43. The number of esters is 4. The predicted octanol–water partition coefficient (Wildman–Crippen LogP) is 3.92. The zero-order valence-electron chi connectivity index (χ0n) is 35.4. The highest BCUT2D eigenvalue weighted by Gasteiger charge is 2.57. The molecule has 0 spiro atoms. The van der Waals surface area contributed by atoms with Crippen molar-refractivity contribution in [3.05, 3.63) is 0 Å². The maximum Gasteiger partial charge on any atom is 0.414 e. The summed E-state index contributed by atoms with van der Waals surface area (Å²) in [6.07, 6.45) is -4.42. The van der Waals surface area contributed by atoms with Gasteiger partial charge in [0.05, 0.1) is 19.2 Å². The Morgan fingerprint density at radius 3 is 1.76 bits per heavy atom. The van der Waals surface area contributed by atoms with Crippen LogP contribution in [0.2, 0.25) is 0 Å². The van der Waals surface area contributed by atoms with Gasteiger partial charge in [0.1, 0.15) is 23.9 Å². The lowest BCUT2D eigenvalue weighted by Gasteiger charge is -2.48. The van der Waals surface area contributed by atoms with E-state index in [9.17, 15) is 38.4 Å². The molecule has 58 heavy (non-hydrogen) atoms. The van der Waals surface area contributed by atoms with Gasteiger partial charge in [0, 0.05) is 46.8 Å². The van der Waals surface area contributed by atoms with E-state index >= 15 is 0 Å². The molecule has 1 fully saturated rings. The summed E-state index contributed by atoms with van der Waals surface area (Å²) in [7, 11) is 1.12. The Hall–Kier alpha value is -4.11. The molecule has 21 heteroatoms. The van der Waals surface area contributed by atoms with Gasteiger partial charge in [-0.15, -0.1) is 11.8 Å². The monoisotopic (exact) mass is 864 g/mol. The second-order valence-corrected chi connectivity index (χ2v) is 17.8. The molecule has 1 aliphatic heterocycles. The van der Waals surface area contributed by atoms with Crippen LogP contribution in [0.15, 0.2) is 4.99 Å². The summed E-state index contributed by atoms with van der Waals surface area (Å²) < 4.78 is 39.0. The summed E-state index contributed by atoms with van der Waals surface area (Å²) in [6.45, 7) is 14.9.